The molecule has 0 saturated carbocycles. The monoisotopic (exact) mass is 389 g/mol. The average Bonchev–Trinajstić information content (AvgIpc) is 2.74. The van der Waals surface area contributed by atoms with E-state index in [1.807, 2.05) is 0 Å². The number of halogens is 2. The van der Waals surface area contributed by atoms with Crippen LogP contribution in [0, 0.1) is 0 Å². The molecule has 0 atom stereocenters. The second-order valence-electron chi connectivity index (χ2n) is 3.55. The van der Waals surface area contributed by atoms with Crippen molar-refractivity contribution in [3.8, 4) is 5.75 Å². The van der Waals surface area contributed by atoms with Gasteiger partial charge in [-0.3, -0.25) is 10.1 Å². The van der Waals surface area contributed by atoms with E-state index in [-0.39, 0.29) is 11.9 Å². The quantitative estimate of drug-likeness (QED) is 0.866. The van der Waals surface area contributed by atoms with E-state index in [2.05, 4.69) is 52.7 Å². The van der Waals surface area contributed by atoms with Gasteiger partial charge in [0.15, 0.2) is 0 Å². The van der Waals surface area contributed by atoms with Crippen molar-refractivity contribution in [1.82, 2.24) is 20.2 Å². The third kappa shape index (κ3) is 2.92. The van der Waals surface area contributed by atoms with E-state index >= 15 is 0 Å². The van der Waals surface area contributed by atoms with Crippen LogP contribution in [0.25, 0.3) is 0 Å². The number of rotatable bonds is 3. The van der Waals surface area contributed by atoms with Gasteiger partial charge in [-0.25, -0.2) is 4.68 Å². The van der Waals surface area contributed by atoms with Crippen LogP contribution in [0.5, 0.6) is 5.75 Å². The van der Waals surface area contributed by atoms with Gasteiger partial charge >= 0.3 is 0 Å². The Morgan fingerprint density at radius 2 is 2.16 bits per heavy atom. The molecule has 1 N–H and O–H groups in total. The highest BCUT2D eigenvalue weighted by molar-refractivity contribution is 9.11. The first-order valence-electron chi connectivity index (χ1n) is 5.09. The van der Waals surface area contributed by atoms with E-state index in [0.29, 0.717) is 15.8 Å². The number of hydrogen-bond donors (Lipinski definition) is 1. The topological polar surface area (TPSA) is 81.9 Å². The molecule has 1 heterocycles. The highest BCUT2D eigenvalue weighted by Gasteiger charge is 2.18. The first kappa shape index (κ1) is 13.9. The second-order valence-corrected chi connectivity index (χ2v) is 5.32. The summed E-state index contributed by atoms with van der Waals surface area (Å²) in [7, 11) is 3.12. The van der Waals surface area contributed by atoms with Crippen molar-refractivity contribution in [1.29, 1.82) is 0 Å². The summed E-state index contributed by atoms with van der Waals surface area (Å²) in [6.07, 6.45) is 0. The van der Waals surface area contributed by atoms with Crippen molar-refractivity contribution < 1.29 is 9.53 Å². The maximum Gasteiger partial charge on any atom is 0.261 e. The average molecular weight is 391 g/mol. The van der Waals surface area contributed by atoms with Crippen molar-refractivity contribution in [2.45, 2.75) is 0 Å². The Labute approximate surface area is 125 Å². The number of benzene rings is 1. The summed E-state index contributed by atoms with van der Waals surface area (Å²) in [5.41, 5.74) is 0.367. The van der Waals surface area contributed by atoms with Crippen molar-refractivity contribution in [3.05, 3.63) is 26.6 Å². The lowest BCUT2D eigenvalue weighted by atomic mass is 10.2. The van der Waals surface area contributed by atoms with Crippen LogP contribution < -0.4 is 10.1 Å². The van der Waals surface area contributed by atoms with E-state index in [1.165, 1.54) is 11.8 Å². The van der Waals surface area contributed by atoms with Gasteiger partial charge in [0.05, 0.1) is 17.1 Å². The SMILES string of the molecule is COc1c(Br)cc(Br)cc1C(=O)Nc1nnnn1C. The van der Waals surface area contributed by atoms with E-state index in [4.69, 9.17) is 4.74 Å². The molecule has 7 nitrogen and oxygen atoms in total. The number of ether oxygens (including phenoxy) is 1. The maximum atomic E-state index is 12.2. The summed E-state index contributed by atoms with van der Waals surface area (Å²) in [5.74, 6) is 0.329. The second kappa shape index (κ2) is 5.66. The summed E-state index contributed by atoms with van der Waals surface area (Å²) in [5, 5.41) is 13.4. The predicted octanol–water partition coefficient (Wildman–Crippen LogP) is 2.00. The molecule has 1 amide bonds. The number of aromatic nitrogens is 4. The Morgan fingerprint density at radius 1 is 1.42 bits per heavy atom. The predicted molar refractivity (Wildman–Crippen MR) is 75.1 cm³/mol. The summed E-state index contributed by atoms with van der Waals surface area (Å²) < 4.78 is 8.00. The van der Waals surface area contributed by atoms with Gasteiger partial charge in [0.1, 0.15) is 5.75 Å². The van der Waals surface area contributed by atoms with Crippen LogP contribution >= 0.6 is 31.9 Å². The molecule has 1 aromatic carbocycles. The lowest BCUT2D eigenvalue weighted by Crippen LogP contribution is -2.16. The van der Waals surface area contributed by atoms with Gasteiger partial charge in [-0.2, -0.15) is 0 Å². The zero-order valence-corrected chi connectivity index (χ0v) is 13.2. The third-order valence-corrected chi connectivity index (χ3v) is 3.35. The number of nitrogens with zero attached hydrogens (tertiary/aromatic N) is 4. The minimum Gasteiger partial charge on any atom is -0.495 e. The first-order valence-corrected chi connectivity index (χ1v) is 6.68. The van der Waals surface area contributed by atoms with Crippen LogP contribution in [0.3, 0.4) is 0 Å². The molecule has 0 unspecified atom stereocenters. The molecule has 19 heavy (non-hydrogen) atoms. The highest BCUT2D eigenvalue weighted by atomic mass is 79.9. The van der Waals surface area contributed by atoms with E-state index < -0.39 is 0 Å². The fourth-order valence-electron chi connectivity index (χ4n) is 1.44. The smallest absolute Gasteiger partial charge is 0.261 e. The lowest BCUT2D eigenvalue weighted by Gasteiger charge is -2.10. The zero-order chi connectivity index (χ0) is 14.0. The number of anilines is 1. The van der Waals surface area contributed by atoms with E-state index in [1.54, 1.807) is 19.2 Å². The fraction of sp³-hybridized carbons (Fsp3) is 0.200. The minimum atomic E-state index is -0.364. The number of amides is 1. The van der Waals surface area contributed by atoms with Crippen molar-refractivity contribution in [3.63, 3.8) is 0 Å². The van der Waals surface area contributed by atoms with Crippen LogP contribution in [0.2, 0.25) is 0 Å². The van der Waals surface area contributed by atoms with E-state index in [9.17, 15) is 4.79 Å². The Morgan fingerprint density at radius 3 is 2.74 bits per heavy atom. The molecule has 0 aliphatic heterocycles. The Bertz CT molecular complexity index is 628. The van der Waals surface area contributed by atoms with Gasteiger partial charge in [0.25, 0.3) is 5.91 Å². The van der Waals surface area contributed by atoms with Crippen molar-refractivity contribution in [2.24, 2.45) is 7.05 Å². The van der Waals surface area contributed by atoms with Gasteiger partial charge in [-0.1, -0.05) is 21.0 Å². The molecule has 2 aromatic rings. The molecule has 0 fully saturated rings. The molecule has 0 radical (unpaired) electrons. The van der Waals surface area contributed by atoms with Crippen LogP contribution in [-0.4, -0.2) is 33.2 Å². The molecule has 0 spiro atoms. The third-order valence-electron chi connectivity index (χ3n) is 2.30. The Hall–Kier alpha value is -1.48. The molecule has 2 rings (SSSR count). The fourth-order valence-corrected chi connectivity index (χ4v) is 2.83. The summed E-state index contributed by atoms with van der Waals surface area (Å²) in [6.45, 7) is 0. The van der Waals surface area contributed by atoms with Gasteiger partial charge in [0, 0.05) is 11.5 Å². The molecule has 100 valence electrons. The number of nitrogens with one attached hydrogen (secondary N) is 1. The highest BCUT2D eigenvalue weighted by Crippen LogP contribution is 2.32. The first-order chi connectivity index (χ1) is 9.02. The van der Waals surface area contributed by atoms with Crippen LogP contribution in [0.4, 0.5) is 5.95 Å². The normalized spacial score (nSPS) is 10.3. The molecule has 0 saturated heterocycles. The molecular formula is C10H9Br2N5O2. The van der Waals surface area contributed by atoms with Crippen LogP contribution in [0.15, 0.2) is 21.1 Å². The minimum absolute atomic E-state index is 0.253. The Kier molecular flexibility index (Phi) is 4.15. The summed E-state index contributed by atoms with van der Waals surface area (Å²) >= 11 is 6.66. The summed E-state index contributed by atoms with van der Waals surface area (Å²) in [4.78, 5) is 12.2. The van der Waals surface area contributed by atoms with Crippen LogP contribution in [0.1, 0.15) is 10.4 Å². The maximum absolute atomic E-state index is 12.2. The Balaban J connectivity index is 2.36. The van der Waals surface area contributed by atoms with Gasteiger partial charge in [-0.05, 0) is 38.5 Å². The molecule has 1 aromatic heterocycles. The molecule has 0 bridgehead atoms. The number of hydrogen-bond acceptors (Lipinski definition) is 5. The van der Waals surface area contributed by atoms with Gasteiger partial charge in [0.2, 0.25) is 5.95 Å². The van der Waals surface area contributed by atoms with Gasteiger partial charge < -0.3 is 4.74 Å². The largest absolute Gasteiger partial charge is 0.495 e. The lowest BCUT2D eigenvalue weighted by molar-refractivity contribution is 0.102. The molecule has 9 heteroatoms. The number of methoxy groups -OCH3 is 1. The molecular weight excluding hydrogens is 382 g/mol. The number of tetrazole rings is 1. The number of carbonyl (C=O) groups excluding carboxylic acids is 1. The van der Waals surface area contributed by atoms with Crippen LogP contribution in [-0.2, 0) is 7.05 Å². The zero-order valence-electron chi connectivity index (χ0n) is 10.0. The van der Waals surface area contributed by atoms with Crippen molar-refractivity contribution >= 4 is 43.7 Å². The summed E-state index contributed by atoms with van der Waals surface area (Å²) in [6, 6.07) is 3.45. The molecule has 0 aliphatic carbocycles. The molecule has 0 aliphatic rings. The number of aryl methyl sites for hydroxylation is 1. The standard InChI is InChI=1S/C10H9Br2N5O2/c1-17-10(14-15-16-17)13-9(18)6-3-5(11)4-7(12)8(6)19-2/h3-4H,1-2H3,(H,13,14,16,18). The van der Waals surface area contributed by atoms with Crippen molar-refractivity contribution in [2.75, 3.05) is 12.4 Å². The van der Waals surface area contributed by atoms with E-state index in [0.717, 1.165) is 4.47 Å². The van der Waals surface area contributed by atoms with Gasteiger partial charge in [-0.15, -0.1) is 0 Å². The number of carbonyl (C=O) groups is 1.